The molecule has 0 spiro atoms. The Labute approximate surface area is 184 Å². The number of anilines is 2. The number of benzene rings is 2. The van der Waals surface area contributed by atoms with Crippen molar-refractivity contribution in [1.82, 2.24) is 9.97 Å². The summed E-state index contributed by atoms with van der Waals surface area (Å²) in [5, 5.41) is 6.49. The van der Waals surface area contributed by atoms with Crippen molar-refractivity contribution in [2.24, 2.45) is 5.41 Å². The van der Waals surface area contributed by atoms with E-state index in [9.17, 15) is 9.59 Å². The molecule has 0 saturated heterocycles. The highest BCUT2D eigenvalue weighted by Gasteiger charge is 2.23. The van der Waals surface area contributed by atoms with Crippen LogP contribution in [0.3, 0.4) is 0 Å². The van der Waals surface area contributed by atoms with Gasteiger partial charge in [0.25, 0.3) is 5.91 Å². The number of carbonyl (C=O) groups is 2. The number of nitrogens with one attached hydrogen (secondary N) is 3. The zero-order valence-corrected chi connectivity index (χ0v) is 18.7. The van der Waals surface area contributed by atoms with Crippen molar-refractivity contribution in [3.05, 3.63) is 65.0 Å². The van der Waals surface area contributed by atoms with E-state index in [0.717, 1.165) is 28.0 Å². The van der Waals surface area contributed by atoms with Crippen LogP contribution < -0.4 is 10.6 Å². The van der Waals surface area contributed by atoms with Gasteiger partial charge in [-0.2, -0.15) is 0 Å². The first-order valence-corrected chi connectivity index (χ1v) is 10.8. The lowest BCUT2D eigenvalue weighted by molar-refractivity contribution is -0.123. The molecule has 7 heteroatoms. The highest BCUT2D eigenvalue weighted by molar-refractivity contribution is 7.18. The number of hydrogen-bond donors (Lipinski definition) is 3. The van der Waals surface area contributed by atoms with Crippen LogP contribution >= 0.6 is 11.3 Å². The fourth-order valence-electron chi connectivity index (χ4n) is 3.06. The average Bonchev–Trinajstić information content (AvgIpc) is 3.31. The number of rotatable bonds is 4. The average molecular weight is 433 g/mol. The van der Waals surface area contributed by atoms with Crippen LogP contribution in [0.4, 0.5) is 10.7 Å². The van der Waals surface area contributed by atoms with Gasteiger partial charge in [-0.05, 0) is 55.0 Å². The van der Waals surface area contributed by atoms with E-state index in [-0.39, 0.29) is 11.8 Å². The van der Waals surface area contributed by atoms with E-state index in [1.54, 1.807) is 0 Å². The van der Waals surface area contributed by atoms with Gasteiger partial charge < -0.3 is 15.6 Å². The summed E-state index contributed by atoms with van der Waals surface area (Å²) in [6.07, 6.45) is 0. The topological polar surface area (TPSA) is 86.9 Å². The van der Waals surface area contributed by atoms with Gasteiger partial charge in [-0.25, -0.2) is 4.98 Å². The van der Waals surface area contributed by atoms with E-state index in [1.807, 2.05) is 82.3 Å². The Bertz CT molecular complexity index is 1230. The highest BCUT2D eigenvalue weighted by Crippen LogP contribution is 2.29. The lowest BCUT2D eigenvalue weighted by Crippen LogP contribution is -2.27. The lowest BCUT2D eigenvalue weighted by atomic mass is 9.96. The maximum Gasteiger partial charge on any atom is 0.266 e. The highest BCUT2D eigenvalue weighted by atomic mass is 32.1. The van der Waals surface area contributed by atoms with Gasteiger partial charge in [-0.15, -0.1) is 11.3 Å². The van der Waals surface area contributed by atoms with Gasteiger partial charge in [-0.1, -0.05) is 32.9 Å². The van der Waals surface area contributed by atoms with Crippen molar-refractivity contribution in [3.63, 3.8) is 0 Å². The first-order valence-electron chi connectivity index (χ1n) is 9.99. The van der Waals surface area contributed by atoms with Crippen molar-refractivity contribution >= 4 is 44.9 Å². The van der Waals surface area contributed by atoms with Crippen LogP contribution in [0, 0.1) is 12.3 Å². The molecule has 2 heterocycles. The number of amides is 2. The largest absolute Gasteiger partial charge is 0.338 e. The molecule has 0 atom stereocenters. The summed E-state index contributed by atoms with van der Waals surface area (Å²) in [4.78, 5) is 33.5. The molecule has 3 N–H and O–H groups in total. The number of hydrogen-bond acceptors (Lipinski definition) is 4. The van der Waals surface area contributed by atoms with Gasteiger partial charge in [0.2, 0.25) is 5.91 Å². The monoisotopic (exact) mass is 432 g/mol. The minimum atomic E-state index is -0.498. The van der Waals surface area contributed by atoms with Crippen LogP contribution in [0.2, 0.25) is 0 Å². The summed E-state index contributed by atoms with van der Waals surface area (Å²) >= 11 is 1.27. The Morgan fingerprint density at radius 2 is 1.71 bits per heavy atom. The number of aromatic nitrogens is 2. The minimum Gasteiger partial charge on any atom is -0.338 e. The fourth-order valence-corrected chi connectivity index (χ4v) is 4.02. The second kappa shape index (κ2) is 8.00. The molecule has 158 valence electrons. The second-order valence-corrected chi connectivity index (χ2v) is 9.51. The van der Waals surface area contributed by atoms with Gasteiger partial charge in [0.05, 0.1) is 20.9 Å². The third kappa shape index (κ3) is 4.51. The molecular weight excluding hydrogens is 408 g/mol. The Hall–Kier alpha value is -3.45. The molecule has 0 radical (unpaired) electrons. The Morgan fingerprint density at radius 3 is 2.39 bits per heavy atom. The van der Waals surface area contributed by atoms with Gasteiger partial charge in [0.15, 0.2) is 0 Å². The Balaban J connectivity index is 1.47. The number of H-pyrrole nitrogens is 1. The van der Waals surface area contributed by atoms with Crippen LogP contribution in [0.15, 0.2) is 54.6 Å². The summed E-state index contributed by atoms with van der Waals surface area (Å²) in [7, 11) is 0. The molecule has 2 aromatic carbocycles. The van der Waals surface area contributed by atoms with E-state index >= 15 is 0 Å². The molecule has 0 bridgehead atoms. The molecule has 2 aromatic heterocycles. The molecule has 2 amide bonds. The van der Waals surface area contributed by atoms with Crippen LogP contribution in [0.5, 0.6) is 0 Å². The van der Waals surface area contributed by atoms with Gasteiger partial charge in [-0.3, -0.25) is 9.59 Å². The predicted molar refractivity (Wildman–Crippen MR) is 127 cm³/mol. The molecule has 0 fully saturated rings. The normalized spacial score (nSPS) is 11.5. The predicted octanol–water partition coefficient (Wildman–Crippen LogP) is 5.84. The van der Waals surface area contributed by atoms with Crippen LogP contribution in [-0.2, 0) is 4.79 Å². The maximum absolute atomic E-state index is 12.8. The summed E-state index contributed by atoms with van der Waals surface area (Å²) in [5.74, 6) is 0.504. The molecule has 0 unspecified atom stereocenters. The van der Waals surface area contributed by atoms with E-state index in [1.165, 1.54) is 11.3 Å². The van der Waals surface area contributed by atoms with Crippen molar-refractivity contribution in [2.75, 3.05) is 10.6 Å². The smallest absolute Gasteiger partial charge is 0.266 e. The zero-order chi connectivity index (χ0) is 22.2. The van der Waals surface area contributed by atoms with Crippen LogP contribution in [0.1, 0.15) is 36.0 Å². The van der Waals surface area contributed by atoms with Crippen LogP contribution in [-0.4, -0.2) is 21.8 Å². The molecule has 0 aliphatic heterocycles. The first-order chi connectivity index (χ1) is 14.7. The van der Waals surface area contributed by atoms with Crippen LogP contribution in [0.25, 0.3) is 22.4 Å². The van der Waals surface area contributed by atoms with Crippen molar-refractivity contribution in [2.45, 2.75) is 27.7 Å². The number of aryl methyl sites for hydroxylation is 1. The summed E-state index contributed by atoms with van der Waals surface area (Å²) in [6.45, 7) is 7.42. The number of imidazole rings is 1. The SMILES string of the molecule is Cc1cc(NC(=O)C(C)(C)C)sc1C(=O)Nc1ccc(-c2nc3ccccc3[nH]2)cc1. The van der Waals surface area contributed by atoms with E-state index in [4.69, 9.17) is 0 Å². The van der Waals surface area contributed by atoms with E-state index < -0.39 is 5.41 Å². The molecule has 0 aliphatic carbocycles. The Kier molecular flexibility index (Phi) is 5.37. The fraction of sp³-hybridized carbons (Fsp3) is 0.208. The maximum atomic E-state index is 12.8. The summed E-state index contributed by atoms with van der Waals surface area (Å²) in [6, 6.07) is 17.2. The van der Waals surface area contributed by atoms with E-state index in [2.05, 4.69) is 20.6 Å². The molecule has 0 saturated carbocycles. The van der Waals surface area contributed by atoms with Crippen molar-refractivity contribution < 1.29 is 9.59 Å². The van der Waals surface area contributed by atoms with E-state index in [0.29, 0.717) is 15.6 Å². The van der Waals surface area contributed by atoms with Gasteiger partial charge >= 0.3 is 0 Å². The van der Waals surface area contributed by atoms with Gasteiger partial charge in [0, 0.05) is 16.7 Å². The van der Waals surface area contributed by atoms with Crippen molar-refractivity contribution in [3.8, 4) is 11.4 Å². The number of aromatic amines is 1. The molecule has 6 nitrogen and oxygen atoms in total. The number of nitrogens with zero attached hydrogens (tertiary/aromatic N) is 1. The molecule has 4 rings (SSSR count). The van der Waals surface area contributed by atoms with Gasteiger partial charge in [0.1, 0.15) is 5.82 Å². The van der Waals surface area contributed by atoms with Crippen molar-refractivity contribution in [1.29, 1.82) is 0 Å². The zero-order valence-electron chi connectivity index (χ0n) is 17.9. The lowest BCUT2D eigenvalue weighted by Gasteiger charge is -2.16. The third-order valence-corrected chi connectivity index (χ3v) is 6.00. The molecule has 31 heavy (non-hydrogen) atoms. The quantitative estimate of drug-likeness (QED) is 0.379. The molecule has 0 aliphatic rings. The Morgan fingerprint density at radius 1 is 1.00 bits per heavy atom. The minimum absolute atomic E-state index is 0.0816. The summed E-state index contributed by atoms with van der Waals surface area (Å²) < 4.78 is 0. The number of carbonyl (C=O) groups excluding carboxylic acids is 2. The number of fused-ring (bicyclic) bond motifs is 1. The molecule has 4 aromatic rings. The second-order valence-electron chi connectivity index (χ2n) is 8.46. The third-order valence-electron chi connectivity index (χ3n) is 4.85. The number of thiophene rings is 1. The molecular formula is C24H24N4O2S. The number of para-hydroxylation sites is 2. The standard InChI is InChI=1S/C24H24N4O2S/c1-14-13-19(28-23(30)24(2,3)4)31-20(14)22(29)25-16-11-9-15(10-12-16)21-26-17-7-5-6-8-18(17)27-21/h5-13H,1-4H3,(H,25,29)(H,26,27)(H,28,30). The first kappa shape index (κ1) is 20.8. The summed E-state index contributed by atoms with van der Waals surface area (Å²) in [5.41, 5.74) is 3.86.